The van der Waals surface area contributed by atoms with E-state index >= 15 is 0 Å². The lowest BCUT2D eigenvalue weighted by Crippen LogP contribution is -1.82. The molecule has 0 amide bonds. The van der Waals surface area contributed by atoms with Crippen molar-refractivity contribution in [1.82, 2.24) is 10.1 Å². The van der Waals surface area contributed by atoms with Crippen molar-refractivity contribution in [1.29, 1.82) is 0 Å². The fourth-order valence-corrected chi connectivity index (χ4v) is 1.21. The highest BCUT2D eigenvalue weighted by Gasteiger charge is 2.12. The topological polar surface area (TPSA) is 79.4 Å². The van der Waals surface area contributed by atoms with Gasteiger partial charge >= 0.3 is 0 Å². The number of hydrogen-bond acceptors (Lipinski definition) is 5. The predicted molar refractivity (Wildman–Crippen MR) is 52.4 cm³/mol. The minimum atomic E-state index is -0.0821. The number of phenols is 2. The Balaban J connectivity index is 2.44. The van der Waals surface area contributed by atoms with E-state index < -0.39 is 0 Å². The molecule has 0 radical (unpaired) electrons. The molecule has 0 bridgehead atoms. The highest BCUT2D eigenvalue weighted by atomic mass is 16.5. The molecule has 0 fully saturated rings. The number of hydrogen-bond donors (Lipinski definition) is 2. The summed E-state index contributed by atoms with van der Waals surface area (Å²) >= 11 is 0. The number of nitrogens with zero attached hydrogens (tertiary/aromatic N) is 2. The van der Waals surface area contributed by atoms with Crippen LogP contribution in [0.4, 0.5) is 0 Å². The molecule has 0 aliphatic rings. The molecule has 1 heterocycles. The molecule has 0 spiro atoms. The van der Waals surface area contributed by atoms with E-state index in [-0.39, 0.29) is 17.4 Å². The normalized spacial score (nSPS) is 10.5. The zero-order valence-corrected chi connectivity index (χ0v) is 8.14. The fraction of sp³-hybridized carbons (Fsp3) is 0.200. The van der Waals surface area contributed by atoms with Crippen LogP contribution in [0, 0.1) is 0 Å². The third-order valence-corrected chi connectivity index (χ3v) is 2.00. The second-order valence-corrected chi connectivity index (χ2v) is 3.07. The SMILES string of the molecule is CCc1noc(-c2ccc(O)cc2O)n1. The van der Waals surface area contributed by atoms with Gasteiger partial charge in [0.15, 0.2) is 5.82 Å². The van der Waals surface area contributed by atoms with E-state index in [2.05, 4.69) is 10.1 Å². The van der Waals surface area contributed by atoms with Gasteiger partial charge in [0.05, 0.1) is 5.56 Å². The van der Waals surface area contributed by atoms with Crippen LogP contribution in [0.25, 0.3) is 11.5 Å². The summed E-state index contributed by atoms with van der Waals surface area (Å²) in [5.41, 5.74) is 0.417. The second kappa shape index (κ2) is 3.61. The Kier molecular flexibility index (Phi) is 2.29. The summed E-state index contributed by atoms with van der Waals surface area (Å²) in [7, 11) is 0. The molecule has 2 N–H and O–H groups in total. The van der Waals surface area contributed by atoms with Crippen molar-refractivity contribution in [3.8, 4) is 23.0 Å². The molecule has 5 heteroatoms. The van der Waals surface area contributed by atoms with Gasteiger partial charge in [-0.2, -0.15) is 4.98 Å². The molecule has 1 aromatic heterocycles. The maximum atomic E-state index is 9.54. The van der Waals surface area contributed by atoms with Crippen LogP contribution in [0.2, 0.25) is 0 Å². The Morgan fingerprint density at radius 1 is 1.33 bits per heavy atom. The summed E-state index contributed by atoms with van der Waals surface area (Å²) in [6, 6.07) is 4.20. The van der Waals surface area contributed by atoms with Crippen LogP contribution in [0.15, 0.2) is 22.7 Å². The predicted octanol–water partition coefficient (Wildman–Crippen LogP) is 1.71. The first-order valence-electron chi connectivity index (χ1n) is 4.55. The number of benzene rings is 1. The van der Waals surface area contributed by atoms with Gasteiger partial charge in [-0.3, -0.25) is 0 Å². The lowest BCUT2D eigenvalue weighted by atomic mass is 10.2. The first-order chi connectivity index (χ1) is 7.20. The van der Waals surface area contributed by atoms with E-state index in [9.17, 15) is 5.11 Å². The van der Waals surface area contributed by atoms with Crippen molar-refractivity contribution in [2.75, 3.05) is 0 Å². The van der Waals surface area contributed by atoms with Crippen LogP contribution in [0.5, 0.6) is 11.5 Å². The quantitative estimate of drug-likeness (QED) is 0.781. The number of phenolic OH excluding ortho intramolecular Hbond substituents is 2. The molecule has 0 aliphatic carbocycles. The lowest BCUT2D eigenvalue weighted by Gasteiger charge is -1.98. The molecule has 0 saturated carbocycles. The lowest BCUT2D eigenvalue weighted by molar-refractivity contribution is 0.416. The van der Waals surface area contributed by atoms with Crippen molar-refractivity contribution >= 4 is 0 Å². The molecule has 5 nitrogen and oxygen atoms in total. The monoisotopic (exact) mass is 206 g/mol. The third-order valence-electron chi connectivity index (χ3n) is 2.00. The van der Waals surface area contributed by atoms with Gasteiger partial charge in [0.2, 0.25) is 0 Å². The molecule has 15 heavy (non-hydrogen) atoms. The van der Waals surface area contributed by atoms with Gasteiger partial charge in [-0.25, -0.2) is 0 Å². The highest BCUT2D eigenvalue weighted by molar-refractivity contribution is 5.63. The van der Waals surface area contributed by atoms with Crippen LogP contribution >= 0.6 is 0 Å². The minimum Gasteiger partial charge on any atom is -0.508 e. The van der Waals surface area contributed by atoms with Crippen LogP contribution in [0.1, 0.15) is 12.7 Å². The van der Waals surface area contributed by atoms with Gasteiger partial charge in [0.25, 0.3) is 5.89 Å². The molecule has 1 aromatic carbocycles. The summed E-state index contributed by atoms with van der Waals surface area (Å²) in [5.74, 6) is 0.745. The molecule has 78 valence electrons. The smallest absolute Gasteiger partial charge is 0.261 e. The minimum absolute atomic E-state index is 0.00789. The summed E-state index contributed by atoms with van der Waals surface area (Å²) in [5, 5.41) is 22.4. The number of aromatic hydroxyl groups is 2. The van der Waals surface area contributed by atoms with Crippen molar-refractivity contribution in [3.05, 3.63) is 24.0 Å². The molecular formula is C10H10N2O3. The molecule has 2 rings (SSSR count). The van der Waals surface area contributed by atoms with E-state index in [1.165, 1.54) is 18.2 Å². The Hall–Kier alpha value is -2.04. The first kappa shape index (κ1) is 9.51. The zero-order chi connectivity index (χ0) is 10.8. The van der Waals surface area contributed by atoms with Crippen molar-refractivity contribution in [2.24, 2.45) is 0 Å². The summed E-state index contributed by atoms with van der Waals surface area (Å²) in [6.45, 7) is 1.91. The number of rotatable bonds is 2. The Labute approximate surface area is 86.0 Å². The maximum Gasteiger partial charge on any atom is 0.261 e. The van der Waals surface area contributed by atoms with Gasteiger partial charge in [-0.1, -0.05) is 12.1 Å². The molecule has 0 atom stereocenters. The van der Waals surface area contributed by atoms with E-state index in [1.807, 2.05) is 6.92 Å². The van der Waals surface area contributed by atoms with Crippen LogP contribution in [-0.4, -0.2) is 20.4 Å². The summed E-state index contributed by atoms with van der Waals surface area (Å²) in [6.07, 6.45) is 0.669. The van der Waals surface area contributed by atoms with Gasteiger partial charge < -0.3 is 14.7 Å². The Morgan fingerprint density at radius 2 is 2.13 bits per heavy atom. The standard InChI is InChI=1S/C10H10N2O3/c1-2-9-11-10(15-12-9)7-4-3-6(13)5-8(7)14/h3-5,13-14H,2H2,1H3. The van der Waals surface area contributed by atoms with Crippen molar-refractivity contribution < 1.29 is 14.7 Å². The summed E-state index contributed by atoms with van der Waals surface area (Å²) < 4.78 is 4.96. The van der Waals surface area contributed by atoms with Crippen LogP contribution in [0.3, 0.4) is 0 Å². The van der Waals surface area contributed by atoms with Crippen LogP contribution in [-0.2, 0) is 6.42 Å². The Morgan fingerprint density at radius 3 is 2.73 bits per heavy atom. The van der Waals surface area contributed by atoms with Gasteiger partial charge in [-0.15, -0.1) is 0 Å². The number of aromatic nitrogens is 2. The highest BCUT2D eigenvalue weighted by Crippen LogP contribution is 2.30. The molecule has 0 aliphatic heterocycles. The van der Waals surface area contributed by atoms with Gasteiger partial charge in [0.1, 0.15) is 11.5 Å². The van der Waals surface area contributed by atoms with Gasteiger partial charge in [0, 0.05) is 12.5 Å². The first-order valence-corrected chi connectivity index (χ1v) is 4.55. The summed E-state index contributed by atoms with van der Waals surface area (Å²) in [4.78, 5) is 4.07. The molecular weight excluding hydrogens is 196 g/mol. The third kappa shape index (κ3) is 1.76. The van der Waals surface area contributed by atoms with E-state index in [0.717, 1.165) is 0 Å². The fourth-order valence-electron chi connectivity index (χ4n) is 1.21. The second-order valence-electron chi connectivity index (χ2n) is 3.07. The van der Waals surface area contributed by atoms with Crippen LogP contribution < -0.4 is 0 Å². The van der Waals surface area contributed by atoms with E-state index in [0.29, 0.717) is 17.8 Å². The maximum absolute atomic E-state index is 9.54. The molecule has 0 unspecified atom stereocenters. The van der Waals surface area contributed by atoms with Crippen molar-refractivity contribution in [3.63, 3.8) is 0 Å². The average Bonchev–Trinajstić information content (AvgIpc) is 2.66. The van der Waals surface area contributed by atoms with Gasteiger partial charge in [-0.05, 0) is 12.1 Å². The average molecular weight is 206 g/mol. The molecule has 2 aromatic rings. The zero-order valence-electron chi connectivity index (χ0n) is 8.14. The molecule has 0 saturated heterocycles. The van der Waals surface area contributed by atoms with E-state index in [4.69, 9.17) is 9.63 Å². The van der Waals surface area contributed by atoms with E-state index in [1.54, 1.807) is 0 Å². The number of aryl methyl sites for hydroxylation is 1. The Bertz CT molecular complexity index is 479. The largest absolute Gasteiger partial charge is 0.508 e. The van der Waals surface area contributed by atoms with Crippen molar-refractivity contribution in [2.45, 2.75) is 13.3 Å².